The number of rotatable bonds is 2. The molecule has 1 rings (SSSR count). The zero-order chi connectivity index (χ0) is 11.9. The van der Waals surface area contributed by atoms with Crippen molar-refractivity contribution in [3.05, 3.63) is 0 Å². The summed E-state index contributed by atoms with van der Waals surface area (Å²) in [4.78, 5) is 13.5. The van der Waals surface area contributed by atoms with E-state index in [9.17, 15) is 9.90 Å². The van der Waals surface area contributed by atoms with Crippen LogP contribution < -0.4 is 5.73 Å². The molecule has 4 nitrogen and oxygen atoms in total. The second kappa shape index (κ2) is 3.76. The van der Waals surface area contributed by atoms with Gasteiger partial charge in [-0.15, -0.1) is 0 Å². The molecule has 0 aromatic rings. The summed E-state index contributed by atoms with van der Waals surface area (Å²) in [6.45, 7) is 8.61. The Morgan fingerprint density at radius 2 is 2.00 bits per heavy atom. The standard InChI is InChI=1S/C11H22N2O2/c1-5-11(15)6-13(7-11)9(14)8(12)10(2,3)4/h8,15H,5-7,12H2,1-4H3/t8-/m1/s1. The van der Waals surface area contributed by atoms with Crippen LogP contribution in [0.1, 0.15) is 34.1 Å². The quantitative estimate of drug-likeness (QED) is 0.696. The molecule has 0 aromatic carbocycles. The van der Waals surface area contributed by atoms with Crippen LogP contribution in [0, 0.1) is 5.41 Å². The number of likely N-dealkylation sites (tertiary alicyclic amines) is 1. The van der Waals surface area contributed by atoms with Gasteiger partial charge in [0.25, 0.3) is 0 Å². The second-order valence-corrected chi connectivity index (χ2v) is 5.62. The van der Waals surface area contributed by atoms with E-state index >= 15 is 0 Å². The highest BCUT2D eigenvalue weighted by Crippen LogP contribution is 2.27. The Bertz CT molecular complexity index is 252. The maximum atomic E-state index is 11.9. The summed E-state index contributed by atoms with van der Waals surface area (Å²) in [6.07, 6.45) is 0.682. The molecular weight excluding hydrogens is 192 g/mol. The van der Waals surface area contributed by atoms with Crippen LogP contribution in [-0.4, -0.2) is 40.6 Å². The molecule has 15 heavy (non-hydrogen) atoms. The predicted octanol–water partition coefficient (Wildman–Crippen LogP) is 0.343. The molecule has 0 aromatic heterocycles. The lowest BCUT2D eigenvalue weighted by Crippen LogP contribution is -2.66. The van der Waals surface area contributed by atoms with Crippen molar-refractivity contribution in [2.45, 2.75) is 45.8 Å². The van der Waals surface area contributed by atoms with Gasteiger partial charge in [-0.25, -0.2) is 0 Å². The van der Waals surface area contributed by atoms with Gasteiger partial charge in [0.2, 0.25) is 5.91 Å². The van der Waals surface area contributed by atoms with E-state index in [2.05, 4.69) is 0 Å². The van der Waals surface area contributed by atoms with Gasteiger partial charge in [-0.2, -0.15) is 0 Å². The third-order valence-corrected chi connectivity index (χ3v) is 3.14. The first kappa shape index (κ1) is 12.5. The molecule has 1 aliphatic heterocycles. The molecule has 0 radical (unpaired) electrons. The number of nitrogens with zero attached hydrogens (tertiary/aromatic N) is 1. The molecular formula is C11H22N2O2. The molecule has 0 saturated carbocycles. The molecule has 1 amide bonds. The van der Waals surface area contributed by atoms with Gasteiger partial charge in [-0.1, -0.05) is 27.7 Å². The van der Waals surface area contributed by atoms with Crippen LogP contribution in [-0.2, 0) is 4.79 Å². The molecule has 1 atom stereocenters. The molecule has 1 aliphatic rings. The SMILES string of the molecule is CCC1(O)CN(C(=O)[C@@H](N)C(C)(C)C)C1. The molecule has 1 saturated heterocycles. The summed E-state index contributed by atoms with van der Waals surface area (Å²) in [6, 6.07) is -0.487. The van der Waals surface area contributed by atoms with Gasteiger partial charge in [-0.05, 0) is 11.8 Å². The molecule has 4 heteroatoms. The number of aliphatic hydroxyl groups is 1. The smallest absolute Gasteiger partial charge is 0.240 e. The highest BCUT2D eigenvalue weighted by atomic mass is 16.3. The van der Waals surface area contributed by atoms with Crippen molar-refractivity contribution in [3.8, 4) is 0 Å². The summed E-state index contributed by atoms with van der Waals surface area (Å²) < 4.78 is 0. The van der Waals surface area contributed by atoms with Gasteiger partial charge < -0.3 is 15.7 Å². The molecule has 88 valence electrons. The maximum absolute atomic E-state index is 11.9. The van der Waals surface area contributed by atoms with Crippen LogP contribution in [0.5, 0.6) is 0 Å². The van der Waals surface area contributed by atoms with Crippen molar-refractivity contribution in [2.24, 2.45) is 11.1 Å². The zero-order valence-corrected chi connectivity index (χ0v) is 10.1. The highest BCUT2D eigenvalue weighted by molar-refractivity contribution is 5.83. The number of hydrogen-bond acceptors (Lipinski definition) is 3. The molecule has 1 heterocycles. The van der Waals surface area contributed by atoms with Gasteiger partial charge in [0.05, 0.1) is 24.7 Å². The lowest BCUT2D eigenvalue weighted by Gasteiger charge is -2.48. The van der Waals surface area contributed by atoms with E-state index in [4.69, 9.17) is 5.73 Å². The molecule has 3 N–H and O–H groups in total. The lowest BCUT2D eigenvalue weighted by atomic mass is 9.84. The number of carbonyl (C=O) groups is 1. The van der Waals surface area contributed by atoms with Gasteiger partial charge in [0.15, 0.2) is 0 Å². The van der Waals surface area contributed by atoms with Crippen LogP contribution in [0.2, 0.25) is 0 Å². The first-order valence-corrected chi connectivity index (χ1v) is 5.46. The minimum atomic E-state index is -0.673. The Morgan fingerprint density at radius 3 is 2.33 bits per heavy atom. The summed E-state index contributed by atoms with van der Waals surface area (Å²) in [7, 11) is 0. The molecule has 0 aliphatic carbocycles. The first-order valence-electron chi connectivity index (χ1n) is 5.46. The Labute approximate surface area is 91.4 Å². The van der Waals surface area contributed by atoms with Crippen LogP contribution in [0.3, 0.4) is 0 Å². The van der Waals surface area contributed by atoms with E-state index in [0.717, 1.165) is 0 Å². The van der Waals surface area contributed by atoms with Crippen LogP contribution in [0.15, 0.2) is 0 Å². The highest BCUT2D eigenvalue weighted by Gasteiger charge is 2.44. The third kappa shape index (κ3) is 2.49. The van der Waals surface area contributed by atoms with Gasteiger partial charge in [0.1, 0.15) is 0 Å². The van der Waals surface area contributed by atoms with Crippen molar-refractivity contribution in [1.82, 2.24) is 4.90 Å². The Balaban J connectivity index is 2.52. The average Bonchev–Trinajstić information content (AvgIpc) is 2.09. The van der Waals surface area contributed by atoms with Crippen LogP contribution in [0.4, 0.5) is 0 Å². The lowest BCUT2D eigenvalue weighted by molar-refractivity contribution is -0.159. The van der Waals surface area contributed by atoms with Crippen LogP contribution in [0.25, 0.3) is 0 Å². The fourth-order valence-electron chi connectivity index (χ4n) is 1.61. The number of β-amino-alcohol motifs (C(OH)–C–C–N with tert-alkyl or cyclic N) is 1. The minimum Gasteiger partial charge on any atom is -0.386 e. The molecule has 0 unspecified atom stereocenters. The van der Waals surface area contributed by atoms with Crippen molar-refractivity contribution >= 4 is 5.91 Å². The van der Waals surface area contributed by atoms with Crippen molar-refractivity contribution < 1.29 is 9.90 Å². The molecule has 0 bridgehead atoms. The number of hydrogen-bond donors (Lipinski definition) is 2. The van der Waals surface area contributed by atoms with Crippen molar-refractivity contribution in [2.75, 3.05) is 13.1 Å². The van der Waals surface area contributed by atoms with Crippen LogP contribution >= 0.6 is 0 Å². The van der Waals surface area contributed by atoms with Gasteiger partial charge in [-0.3, -0.25) is 4.79 Å². The van der Waals surface area contributed by atoms with E-state index < -0.39 is 11.6 Å². The summed E-state index contributed by atoms with van der Waals surface area (Å²) in [5, 5.41) is 9.79. The second-order valence-electron chi connectivity index (χ2n) is 5.62. The zero-order valence-electron chi connectivity index (χ0n) is 10.1. The number of amides is 1. The summed E-state index contributed by atoms with van der Waals surface area (Å²) in [5.74, 6) is -0.0550. The topological polar surface area (TPSA) is 66.6 Å². The summed E-state index contributed by atoms with van der Waals surface area (Å²) in [5.41, 5.74) is 4.96. The van der Waals surface area contributed by atoms with E-state index in [1.807, 2.05) is 27.7 Å². The Morgan fingerprint density at radius 1 is 1.53 bits per heavy atom. The minimum absolute atomic E-state index is 0.0550. The van der Waals surface area contributed by atoms with Crippen molar-refractivity contribution in [3.63, 3.8) is 0 Å². The third-order valence-electron chi connectivity index (χ3n) is 3.14. The monoisotopic (exact) mass is 214 g/mol. The van der Waals surface area contributed by atoms with Gasteiger partial charge >= 0.3 is 0 Å². The Hall–Kier alpha value is -0.610. The number of nitrogens with two attached hydrogens (primary N) is 1. The summed E-state index contributed by atoms with van der Waals surface area (Å²) >= 11 is 0. The van der Waals surface area contributed by atoms with Crippen molar-refractivity contribution in [1.29, 1.82) is 0 Å². The van der Waals surface area contributed by atoms with E-state index in [0.29, 0.717) is 19.5 Å². The molecule has 1 fully saturated rings. The van der Waals surface area contributed by atoms with Gasteiger partial charge in [0, 0.05) is 0 Å². The number of carbonyl (C=O) groups excluding carboxylic acids is 1. The first-order chi connectivity index (χ1) is 6.69. The van der Waals surface area contributed by atoms with E-state index in [1.54, 1.807) is 4.90 Å². The largest absolute Gasteiger partial charge is 0.386 e. The fourth-order valence-corrected chi connectivity index (χ4v) is 1.61. The maximum Gasteiger partial charge on any atom is 0.240 e. The fraction of sp³-hybridized carbons (Fsp3) is 0.909. The molecule has 0 spiro atoms. The van der Waals surface area contributed by atoms with E-state index in [1.165, 1.54) is 0 Å². The van der Waals surface area contributed by atoms with E-state index in [-0.39, 0.29) is 11.3 Å². The average molecular weight is 214 g/mol. The Kier molecular flexibility index (Phi) is 3.12. The normalized spacial score (nSPS) is 22.1. The predicted molar refractivity (Wildman–Crippen MR) is 59.3 cm³/mol.